The summed E-state index contributed by atoms with van der Waals surface area (Å²) in [7, 11) is 0. The highest BCUT2D eigenvalue weighted by atomic mass is 35.5. The fourth-order valence-electron chi connectivity index (χ4n) is 2.88. The highest BCUT2D eigenvalue weighted by Crippen LogP contribution is 2.26. The molecular formula is C15H25Cl2N3O. The molecule has 1 fully saturated rings. The van der Waals surface area contributed by atoms with Gasteiger partial charge in [0, 0.05) is 24.5 Å². The topological polar surface area (TPSA) is 68.0 Å². The SMILES string of the molecule is Cc1ncccc1C(=O)NC(CN)C1CCCCC1.Cl.Cl. The first-order chi connectivity index (χ1) is 9.22. The minimum absolute atomic E-state index is 0. The van der Waals surface area contributed by atoms with Gasteiger partial charge in [-0.2, -0.15) is 0 Å². The van der Waals surface area contributed by atoms with Gasteiger partial charge in [0.1, 0.15) is 0 Å². The predicted octanol–water partition coefficient (Wildman–Crippen LogP) is 2.87. The Bertz CT molecular complexity index is 437. The molecule has 0 radical (unpaired) electrons. The van der Waals surface area contributed by atoms with Crippen LogP contribution in [0.2, 0.25) is 0 Å². The van der Waals surface area contributed by atoms with Crippen LogP contribution < -0.4 is 11.1 Å². The molecule has 1 aliphatic carbocycles. The first-order valence-corrected chi connectivity index (χ1v) is 7.15. The van der Waals surface area contributed by atoms with Gasteiger partial charge in [0.25, 0.3) is 5.91 Å². The summed E-state index contributed by atoms with van der Waals surface area (Å²) in [6, 6.07) is 3.69. The van der Waals surface area contributed by atoms with Crippen molar-refractivity contribution in [3.8, 4) is 0 Å². The molecule has 1 unspecified atom stereocenters. The van der Waals surface area contributed by atoms with Crippen LogP contribution in [0.15, 0.2) is 18.3 Å². The van der Waals surface area contributed by atoms with E-state index >= 15 is 0 Å². The second-order valence-electron chi connectivity index (χ2n) is 5.35. The summed E-state index contributed by atoms with van der Waals surface area (Å²) < 4.78 is 0. The minimum atomic E-state index is -0.0494. The zero-order valence-electron chi connectivity index (χ0n) is 12.4. The Morgan fingerprint density at radius 1 is 1.38 bits per heavy atom. The zero-order valence-corrected chi connectivity index (χ0v) is 14.0. The van der Waals surface area contributed by atoms with E-state index in [9.17, 15) is 4.79 Å². The molecule has 1 atom stereocenters. The number of aryl methyl sites for hydroxylation is 1. The van der Waals surface area contributed by atoms with Crippen molar-refractivity contribution >= 4 is 30.7 Å². The zero-order chi connectivity index (χ0) is 13.7. The number of hydrogen-bond acceptors (Lipinski definition) is 3. The molecule has 120 valence electrons. The van der Waals surface area contributed by atoms with Gasteiger partial charge in [0.2, 0.25) is 0 Å². The number of aromatic nitrogens is 1. The van der Waals surface area contributed by atoms with Crippen molar-refractivity contribution < 1.29 is 4.79 Å². The summed E-state index contributed by atoms with van der Waals surface area (Å²) in [4.78, 5) is 16.4. The van der Waals surface area contributed by atoms with Gasteiger partial charge in [-0.15, -0.1) is 24.8 Å². The van der Waals surface area contributed by atoms with Gasteiger partial charge in [-0.25, -0.2) is 0 Å². The molecule has 3 N–H and O–H groups in total. The summed E-state index contributed by atoms with van der Waals surface area (Å²) in [6.45, 7) is 2.36. The molecule has 21 heavy (non-hydrogen) atoms. The molecule has 4 nitrogen and oxygen atoms in total. The number of hydrogen-bond donors (Lipinski definition) is 2. The number of nitrogens with zero attached hydrogens (tertiary/aromatic N) is 1. The van der Waals surface area contributed by atoms with Crippen molar-refractivity contribution in [2.75, 3.05) is 6.54 Å². The van der Waals surface area contributed by atoms with E-state index in [0.29, 0.717) is 18.0 Å². The van der Waals surface area contributed by atoms with E-state index in [1.165, 1.54) is 32.1 Å². The van der Waals surface area contributed by atoms with E-state index in [-0.39, 0.29) is 36.8 Å². The van der Waals surface area contributed by atoms with Crippen molar-refractivity contribution in [1.29, 1.82) is 0 Å². The summed E-state index contributed by atoms with van der Waals surface area (Å²) >= 11 is 0. The Balaban J connectivity index is 0.00000200. The Morgan fingerprint density at radius 2 is 2.05 bits per heavy atom. The third-order valence-electron chi connectivity index (χ3n) is 4.04. The Labute approximate surface area is 139 Å². The number of halogens is 2. The lowest BCUT2D eigenvalue weighted by atomic mass is 9.84. The molecule has 1 heterocycles. The molecule has 1 amide bonds. The van der Waals surface area contributed by atoms with Gasteiger partial charge in [-0.1, -0.05) is 19.3 Å². The van der Waals surface area contributed by atoms with Crippen molar-refractivity contribution in [1.82, 2.24) is 10.3 Å². The van der Waals surface area contributed by atoms with Crippen LogP contribution in [0, 0.1) is 12.8 Å². The molecule has 6 heteroatoms. The molecule has 0 saturated heterocycles. The van der Waals surface area contributed by atoms with Crippen molar-refractivity contribution in [2.24, 2.45) is 11.7 Å². The lowest BCUT2D eigenvalue weighted by Gasteiger charge is -2.30. The van der Waals surface area contributed by atoms with Gasteiger partial charge >= 0.3 is 0 Å². The quantitative estimate of drug-likeness (QED) is 0.890. The van der Waals surface area contributed by atoms with Gasteiger partial charge in [0.05, 0.1) is 5.56 Å². The number of carbonyl (C=O) groups is 1. The predicted molar refractivity (Wildman–Crippen MR) is 90.4 cm³/mol. The maximum Gasteiger partial charge on any atom is 0.253 e. The van der Waals surface area contributed by atoms with E-state index in [2.05, 4.69) is 10.3 Å². The molecule has 0 spiro atoms. The van der Waals surface area contributed by atoms with E-state index in [1.54, 1.807) is 12.3 Å². The molecule has 1 aromatic rings. The van der Waals surface area contributed by atoms with E-state index in [4.69, 9.17) is 5.73 Å². The van der Waals surface area contributed by atoms with Crippen molar-refractivity contribution in [3.05, 3.63) is 29.6 Å². The number of nitrogens with one attached hydrogen (secondary N) is 1. The molecular weight excluding hydrogens is 309 g/mol. The third-order valence-corrected chi connectivity index (χ3v) is 4.04. The molecule has 1 saturated carbocycles. The van der Waals surface area contributed by atoms with Gasteiger partial charge in [-0.3, -0.25) is 9.78 Å². The molecule has 0 aromatic carbocycles. The van der Waals surface area contributed by atoms with Gasteiger partial charge in [0.15, 0.2) is 0 Å². The second-order valence-corrected chi connectivity index (χ2v) is 5.35. The van der Waals surface area contributed by atoms with E-state index < -0.39 is 0 Å². The average Bonchev–Trinajstić information content (AvgIpc) is 2.46. The first-order valence-electron chi connectivity index (χ1n) is 7.15. The van der Waals surface area contributed by atoms with E-state index in [1.807, 2.05) is 13.0 Å². The van der Waals surface area contributed by atoms with E-state index in [0.717, 1.165) is 5.69 Å². The molecule has 1 aliphatic rings. The lowest BCUT2D eigenvalue weighted by Crippen LogP contribution is -2.46. The summed E-state index contributed by atoms with van der Waals surface area (Å²) in [6.07, 6.45) is 7.87. The molecule has 2 rings (SSSR count). The number of amides is 1. The highest BCUT2D eigenvalue weighted by Gasteiger charge is 2.24. The summed E-state index contributed by atoms with van der Waals surface area (Å²) in [5, 5.41) is 3.09. The lowest BCUT2D eigenvalue weighted by molar-refractivity contribution is 0.0914. The van der Waals surface area contributed by atoms with Crippen LogP contribution in [0.5, 0.6) is 0 Å². The number of nitrogens with two attached hydrogens (primary N) is 1. The molecule has 0 aliphatic heterocycles. The van der Waals surface area contributed by atoms with Crippen LogP contribution in [0.4, 0.5) is 0 Å². The summed E-state index contributed by atoms with van der Waals surface area (Å²) in [5.41, 5.74) is 7.25. The van der Waals surface area contributed by atoms with Crippen LogP contribution in [-0.2, 0) is 0 Å². The highest BCUT2D eigenvalue weighted by molar-refractivity contribution is 5.95. The van der Waals surface area contributed by atoms with Crippen LogP contribution in [0.3, 0.4) is 0 Å². The van der Waals surface area contributed by atoms with Crippen molar-refractivity contribution in [3.63, 3.8) is 0 Å². The maximum atomic E-state index is 12.3. The second kappa shape index (κ2) is 9.98. The molecule has 0 bridgehead atoms. The number of pyridine rings is 1. The summed E-state index contributed by atoms with van der Waals surface area (Å²) in [5.74, 6) is 0.478. The van der Waals surface area contributed by atoms with Crippen LogP contribution in [-0.4, -0.2) is 23.5 Å². The maximum absolute atomic E-state index is 12.3. The Hall–Kier alpha value is -0.840. The average molecular weight is 334 g/mol. The first kappa shape index (κ1) is 20.2. The third kappa shape index (κ3) is 5.46. The Morgan fingerprint density at radius 3 is 2.62 bits per heavy atom. The largest absolute Gasteiger partial charge is 0.348 e. The van der Waals surface area contributed by atoms with Gasteiger partial charge in [-0.05, 0) is 37.8 Å². The van der Waals surface area contributed by atoms with Crippen LogP contribution in [0.1, 0.15) is 48.2 Å². The Kier molecular flexibility index (Phi) is 9.58. The fraction of sp³-hybridized carbons (Fsp3) is 0.600. The molecule has 1 aromatic heterocycles. The standard InChI is InChI=1S/C15H23N3O.2ClH/c1-11-13(8-5-9-17-11)15(19)18-14(10-16)12-6-3-2-4-7-12;;/h5,8-9,12,14H,2-4,6-7,10,16H2,1H3,(H,18,19);2*1H. The van der Waals surface area contributed by atoms with Gasteiger partial charge < -0.3 is 11.1 Å². The van der Waals surface area contributed by atoms with Crippen LogP contribution >= 0.6 is 24.8 Å². The normalized spacial score (nSPS) is 16.3. The van der Waals surface area contributed by atoms with Crippen LogP contribution in [0.25, 0.3) is 0 Å². The fourth-order valence-corrected chi connectivity index (χ4v) is 2.88. The monoisotopic (exact) mass is 333 g/mol. The van der Waals surface area contributed by atoms with Crippen molar-refractivity contribution in [2.45, 2.75) is 45.1 Å². The smallest absolute Gasteiger partial charge is 0.253 e. The minimum Gasteiger partial charge on any atom is -0.348 e. The number of rotatable bonds is 4. The number of carbonyl (C=O) groups excluding carboxylic acids is 1.